The highest BCUT2D eigenvalue weighted by atomic mass is 16.5. The Morgan fingerprint density at radius 3 is 2.74 bits per heavy atom. The summed E-state index contributed by atoms with van der Waals surface area (Å²) in [5, 5.41) is 11.7. The molecule has 3 aromatic rings. The van der Waals surface area contributed by atoms with Crippen molar-refractivity contribution in [1.82, 2.24) is 30.0 Å². The van der Waals surface area contributed by atoms with Crippen molar-refractivity contribution < 1.29 is 9.53 Å². The number of ether oxygens (including phenoxy) is 1. The van der Waals surface area contributed by atoms with Gasteiger partial charge in [0.1, 0.15) is 11.6 Å². The topological polar surface area (TPSA) is 85.2 Å². The second-order valence-electron chi connectivity index (χ2n) is 7.70. The second kappa shape index (κ2) is 10.2. The van der Waals surface area contributed by atoms with Crippen LogP contribution in [0.15, 0.2) is 48.8 Å². The smallest absolute Gasteiger partial charge is 0.220 e. The number of hydrogen-bond donors (Lipinski definition) is 1. The zero-order valence-corrected chi connectivity index (χ0v) is 17.8. The molecule has 0 fully saturated rings. The van der Waals surface area contributed by atoms with Gasteiger partial charge in [0.05, 0.1) is 13.7 Å². The van der Waals surface area contributed by atoms with Crippen LogP contribution in [0.25, 0.3) is 0 Å². The van der Waals surface area contributed by atoms with Crippen LogP contribution in [0.5, 0.6) is 5.75 Å². The van der Waals surface area contributed by atoms with Crippen LogP contribution in [0, 0.1) is 0 Å². The van der Waals surface area contributed by atoms with Crippen molar-refractivity contribution in [2.24, 2.45) is 0 Å². The normalized spacial score (nSPS) is 14.0. The largest absolute Gasteiger partial charge is 0.497 e. The number of fused-ring (bicyclic) bond motifs is 1. The molecule has 0 unspecified atom stereocenters. The lowest BCUT2D eigenvalue weighted by Gasteiger charge is -2.19. The molecule has 0 bridgehead atoms. The lowest BCUT2D eigenvalue weighted by molar-refractivity contribution is -0.121. The van der Waals surface area contributed by atoms with Crippen LogP contribution in [0.1, 0.15) is 29.2 Å². The summed E-state index contributed by atoms with van der Waals surface area (Å²) >= 11 is 0. The van der Waals surface area contributed by atoms with Crippen LogP contribution in [-0.2, 0) is 37.3 Å². The van der Waals surface area contributed by atoms with Crippen LogP contribution in [0.2, 0.25) is 0 Å². The number of nitrogens with one attached hydrogen (secondary N) is 1. The maximum atomic E-state index is 12.2. The first-order valence-corrected chi connectivity index (χ1v) is 10.6. The Labute approximate surface area is 182 Å². The lowest BCUT2D eigenvalue weighted by atomic mass is 10.1. The van der Waals surface area contributed by atoms with E-state index in [4.69, 9.17) is 4.74 Å². The van der Waals surface area contributed by atoms with Gasteiger partial charge in [-0.25, -0.2) is 0 Å². The predicted octanol–water partition coefficient (Wildman–Crippen LogP) is 1.99. The fraction of sp³-hybridized carbons (Fsp3) is 0.391. The van der Waals surface area contributed by atoms with E-state index in [-0.39, 0.29) is 5.91 Å². The van der Waals surface area contributed by atoms with Gasteiger partial charge in [0.25, 0.3) is 0 Å². The number of carbonyl (C=O) groups excluding carboxylic acids is 1. The summed E-state index contributed by atoms with van der Waals surface area (Å²) in [6.45, 7) is 3.96. The molecule has 0 atom stereocenters. The van der Waals surface area contributed by atoms with Crippen molar-refractivity contribution in [3.63, 3.8) is 0 Å². The van der Waals surface area contributed by atoms with Gasteiger partial charge >= 0.3 is 0 Å². The molecule has 1 amide bonds. The van der Waals surface area contributed by atoms with Gasteiger partial charge in [-0.1, -0.05) is 18.2 Å². The van der Waals surface area contributed by atoms with Gasteiger partial charge in [-0.05, 0) is 35.7 Å². The number of rotatable bonds is 8. The van der Waals surface area contributed by atoms with Crippen LogP contribution in [-0.4, -0.2) is 50.8 Å². The van der Waals surface area contributed by atoms with Crippen molar-refractivity contribution in [3.8, 4) is 5.75 Å². The number of methoxy groups -OCH3 is 1. The Morgan fingerprint density at radius 2 is 1.97 bits per heavy atom. The summed E-state index contributed by atoms with van der Waals surface area (Å²) in [6.07, 6.45) is 5.49. The minimum absolute atomic E-state index is 0.0101. The van der Waals surface area contributed by atoms with Gasteiger partial charge in [-0.3, -0.25) is 14.7 Å². The van der Waals surface area contributed by atoms with E-state index in [1.807, 2.05) is 24.3 Å². The van der Waals surface area contributed by atoms with Gasteiger partial charge in [0.2, 0.25) is 5.91 Å². The molecule has 2 aromatic heterocycles. The van der Waals surface area contributed by atoms with E-state index in [9.17, 15) is 4.79 Å². The number of amides is 1. The van der Waals surface area contributed by atoms with Crippen LogP contribution < -0.4 is 10.1 Å². The number of aromatic nitrogens is 4. The number of aryl methyl sites for hydroxylation is 1. The molecular formula is C23H28N6O2. The van der Waals surface area contributed by atoms with Gasteiger partial charge in [-0.15, -0.1) is 10.2 Å². The highest BCUT2D eigenvalue weighted by molar-refractivity contribution is 5.76. The fourth-order valence-electron chi connectivity index (χ4n) is 3.77. The Hall–Kier alpha value is -3.26. The molecule has 162 valence electrons. The maximum absolute atomic E-state index is 12.2. The van der Waals surface area contributed by atoms with Gasteiger partial charge in [-0.2, -0.15) is 0 Å². The molecule has 1 aromatic carbocycles. The minimum Gasteiger partial charge on any atom is -0.497 e. The van der Waals surface area contributed by atoms with Gasteiger partial charge in [0, 0.05) is 51.4 Å². The van der Waals surface area contributed by atoms with E-state index in [0.29, 0.717) is 19.4 Å². The standard InChI is InChI=1S/C23H28N6O2/c1-31-20-7-4-19(5-8-20)17-28-12-10-21-26-27-22(29(21)14-13-28)16-25-23(30)9-6-18-3-2-11-24-15-18/h2-5,7-8,11,15H,6,9-10,12-14,16-17H2,1H3,(H,25,30). The summed E-state index contributed by atoms with van der Waals surface area (Å²) in [7, 11) is 1.68. The molecule has 31 heavy (non-hydrogen) atoms. The van der Waals surface area contributed by atoms with E-state index < -0.39 is 0 Å². The molecule has 3 heterocycles. The van der Waals surface area contributed by atoms with Crippen molar-refractivity contribution >= 4 is 5.91 Å². The number of hydrogen-bond acceptors (Lipinski definition) is 6. The molecule has 0 saturated carbocycles. The van der Waals surface area contributed by atoms with Crippen molar-refractivity contribution in [2.75, 3.05) is 20.2 Å². The molecule has 0 spiro atoms. The van der Waals surface area contributed by atoms with E-state index in [1.165, 1.54) is 5.56 Å². The highest BCUT2D eigenvalue weighted by Crippen LogP contribution is 2.15. The first-order chi connectivity index (χ1) is 15.2. The molecule has 0 radical (unpaired) electrons. The third-order valence-electron chi connectivity index (χ3n) is 5.57. The van der Waals surface area contributed by atoms with Crippen molar-refractivity contribution in [3.05, 3.63) is 71.6 Å². The number of nitrogens with zero attached hydrogens (tertiary/aromatic N) is 5. The van der Waals surface area contributed by atoms with E-state index in [1.54, 1.807) is 19.5 Å². The summed E-state index contributed by atoms with van der Waals surface area (Å²) in [5.74, 6) is 2.68. The SMILES string of the molecule is COc1ccc(CN2CCc3nnc(CNC(=O)CCc4cccnc4)n3CC2)cc1. The number of benzene rings is 1. The highest BCUT2D eigenvalue weighted by Gasteiger charge is 2.19. The molecule has 1 aliphatic rings. The van der Waals surface area contributed by atoms with Gasteiger partial charge in [0.15, 0.2) is 5.82 Å². The van der Waals surface area contributed by atoms with Crippen LogP contribution in [0.3, 0.4) is 0 Å². The Kier molecular flexibility index (Phi) is 6.89. The molecular weight excluding hydrogens is 392 g/mol. The first-order valence-electron chi connectivity index (χ1n) is 10.6. The van der Waals surface area contributed by atoms with Crippen LogP contribution >= 0.6 is 0 Å². The van der Waals surface area contributed by atoms with Gasteiger partial charge < -0.3 is 14.6 Å². The second-order valence-corrected chi connectivity index (χ2v) is 7.70. The van der Waals surface area contributed by atoms with Crippen LogP contribution in [0.4, 0.5) is 0 Å². The van der Waals surface area contributed by atoms with Crippen molar-refractivity contribution in [1.29, 1.82) is 0 Å². The number of carbonyl (C=O) groups is 1. The average molecular weight is 421 g/mol. The monoisotopic (exact) mass is 420 g/mol. The minimum atomic E-state index is 0.0101. The molecule has 4 rings (SSSR count). The molecule has 1 N–H and O–H groups in total. The van der Waals surface area contributed by atoms with E-state index >= 15 is 0 Å². The molecule has 8 heteroatoms. The summed E-state index contributed by atoms with van der Waals surface area (Å²) in [4.78, 5) is 18.7. The maximum Gasteiger partial charge on any atom is 0.220 e. The summed E-state index contributed by atoms with van der Waals surface area (Å²) < 4.78 is 7.39. The summed E-state index contributed by atoms with van der Waals surface area (Å²) in [5.41, 5.74) is 2.32. The Balaban J connectivity index is 1.27. The molecule has 8 nitrogen and oxygen atoms in total. The molecule has 0 aliphatic carbocycles. The molecule has 1 aliphatic heterocycles. The Bertz CT molecular complexity index is 987. The zero-order valence-electron chi connectivity index (χ0n) is 17.8. The van der Waals surface area contributed by atoms with Crippen molar-refractivity contribution in [2.45, 2.75) is 38.9 Å². The third-order valence-corrected chi connectivity index (χ3v) is 5.57. The Morgan fingerprint density at radius 1 is 1.10 bits per heavy atom. The summed E-state index contributed by atoms with van der Waals surface area (Å²) in [6, 6.07) is 12.1. The quantitative estimate of drug-likeness (QED) is 0.600. The zero-order chi connectivity index (χ0) is 21.5. The predicted molar refractivity (Wildman–Crippen MR) is 116 cm³/mol. The van der Waals surface area contributed by atoms with E-state index in [0.717, 1.165) is 55.6 Å². The lowest BCUT2D eigenvalue weighted by Crippen LogP contribution is -2.28. The number of pyridine rings is 1. The fourth-order valence-corrected chi connectivity index (χ4v) is 3.77. The molecule has 0 saturated heterocycles. The third kappa shape index (κ3) is 5.67. The average Bonchev–Trinajstić information content (AvgIpc) is 3.09. The first kappa shape index (κ1) is 21.0. The van der Waals surface area contributed by atoms with E-state index in [2.05, 4.69) is 42.1 Å².